The Bertz CT molecular complexity index is 377. The molecule has 0 bridgehead atoms. The quantitative estimate of drug-likeness (QED) is 0.695. The van der Waals surface area contributed by atoms with Crippen LogP contribution < -0.4 is 0 Å². The number of H-pyrrole nitrogens is 1. The maximum atomic E-state index is 3.98. The van der Waals surface area contributed by atoms with Crippen molar-refractivity contribution >= 4 is 11.6 Å². The van der Waals surface area contributed by atoms with Crippen LogP contribution in [-0.4, -0.2) is 9.97 Å². The number of hydrogen-bond acceptors (Lipinski definition) is 3. The first-order chi connectivity index (χ1) is 6.45. The van der Waals surface area contributed by atoms with Gasteiger partial charge in [0.15, 0.2) is 0 Å². The summed E-state index contributed by atoms with van der Waals surface area (Å²) >= 11 is 0. The lowest BCUT2D eigenvalue weighted by molar-refractivity contribution is 1.12. The lowest BCUT2D eigenvalue weighted by atomic mass is 10.3. The van der Waals surface area contributed by atoms with Gasteiger partial charge in [-0.25, -0.2) is 4.98 Å². The molecule has 0 unspecified atom stereocenters. The number of imidazole rings is 1. The summed E-state index contributed by atoms with van der Waals surface area (Å²) in [4.78, 5) is 6.75. The van der Waals surface area contributed by atoms with Crippen LogP contribution in [0.15, 0.2) is 53.0 Å². The molecule has 0 fully saturated rings. The molecule has 1 aromatic heterocycles. The number of aromatic amines is 1. The zero-order valence-corrected chi connectivity index (χ0v) is 6.88. The maximum Gasteiger partial charge on any atom is 0.246 e. The van der Waals surface area contributed by atoms with Gasteiger partial charge in [0.2, 0.25) is 5.95 Å². The number of benzene rings is 1. The molecule has 1 aromatic carbocycles. The van der Waals surface area contributed by atoms with E-state index >= 15 is 0 Å². The molecular formula is C9H8N4. The molecule has 2 aromatic rings. The van der Waals surface area contributed by atoms with Crippen molar-refractivity contribution in [2.24, 2.45) is 10.2 Å². The molecule has 2 rings (SSSR count). The predicted molar refractivity (Wildman–Crippen MR) is 49.2 cm³/mol. The van der Waals surface area contributed by atoms with Crippen molar-refractivity contribution in [1.29, 1.82) is 0 Å². The van der Waals surface area contributed by atoms with Gasteiger partial charge in [-0.15, -0.1) is 10.2 Å². The summed E-state index contributed by atoms with van der Waals surface area (Å²) in [6.07, 6.45) is 3.35. The fourth-order valence-electron chi connectivity index (χ4n) is 0.911. The summed E-state index contributed by atoms with van der Waals surface area (Å²) in [7, 11) is 0. The van der Waals surface area contributed by atoms with Crippen molar-refractivity contribution in [3.05, 3.63) is 42.7 Å². The van der Waals surface area contributed by atoms with Crippen LogP contribution in [0.25, 0.3) is 0 Å². The number of hydrogen-bond donors (Lipinski definition) is 1. The Hall–Kier alpha value is -1.97. The van der Waals surface area contributed by atoms with Crippen molar-refractivity contribution in [2.75, 3.05) is 0 Å². The van der Waals surface area contributed by atoms with Crippen molar-refractivity contribution in [3.63, 3.8) is 0 Å². The summed E-state index contributed by atoms with van der Waals surface area (Å²) in [5, 5.41) is 7.87. The Morgan fingerprint density at radius 3 is 2.62 bits per heavy atom. The third-order valence-corrected chi connectivity index (χ3v) is 1.50. The number of rotatable bonds is 2. The minimum atomic E-state index is 0.517. The van der Waals surface area contributed by atoms with Gasteiger partial charge in [0.05, 0.1) is 5.69 Å². The van der Waals surface area contributed by atoms with Crippen LogP contribution in [0, 0.1) is 0 Å². The van der Waals surface area contributed by atoms with Gasteiger partial charge in [-0.3, -0.25) is 0 Å². The van der Waals surface area contributed by atoms with Gasteiger partial charge >= 0.3 is 0 Å². The molecule has 0 atom stereocenters. The minimum absolute atomic E-state index is 0.517. The molecule has 13 heavy (non-hydrogen) atoms. The topological polar surface area (TPSA) is 53.4 Å². The lowest BCUT2D eigenvalue weighted by Gasteiger charge is -1.87. The molecule has 1 N–H and O–H groups in total. The van der Waals surface area contributed by atoms with E-state index in [1.54, 1.807) is 12.4 Å². The molecule has 0 aliphatic carbocycles. The van der Waals surface area contributed by atoms with E-state index in [4.69, 9.17) is 0 Å². The summed E-state index contributed by atoms with van der Waals surface area (Å²) < 4.78 is 0. The highest BCUT2D eigenvalue weighted by Gasteiger charge is 1.88. The zero-order chi connectivity index (χ0) is 8.93. The Morgan fingerprint density at radius 1 is 1.08 bits per heavy atom. The van der Waals surface area contributed by atoms with Gasteiger partial charge in [-0.1, -0.05) is 18.2 Å². The Labute approximate surface area is 75.4 Å². The third-order valence-electron chi connectivity index (χ3n) is 1.50. The molecule has 4 nitrogen and oxygen atoms in total. The van der Waals surface area contributed by atoms with Crippen molar-refractivity contribution < 1.29 is 0 Å². The fraction of sp³-hybridized carbons (Fsp3) is 0. The van der Waals surface area contributed by atoms with Crippen molar-refractivity contribution in [1.82, 2.24) is 9.97 Å². The van der Waals surface area contributed by atoms with Crippen LogP contribution in [0.2, 0.25) is 0 Å². The van der Waals surface area contributed by atoms with E-state index in [-0.39, 0.29) is 0 Å². The molecule has 0 saturated carbocycles. The van der Waals surface area contributed by atoms with E-state index in [0.29, 0.717) is 5.95 Å². The standard InChI is InChI=1S/C9H8N4/c1-2-4-8(5-3-1)12-13-9-10-6-7-11-9/h1-7H,(H,10,11). The Kier molecular flexibility index (Phi) is 2.14. The van der Waals surface area contributed by atoms with Crippen molar-refractivity contribution in [2.45, 2.75) is 0 Å². The average Bonchev–Trinajstić information content (AvgIpc) is 2.69. The highest BCUT2D eigenvalue weighted by atomic mass is 15.2. The first-order valence-electron chi connectivity index (χ1n) is 3.91. The molecule has 0 saturated heterocycles. The van der Waals surface area contributed by atoms with E-state index in [2.05, 4.69) is 20.2 Å². The van der Waals surface area contributed by atoms with Crippen LogP contribution in [0.1, 0.15) is 0 Å². The largest absolute Gasteiger partial charge is 0.328 e. The van der Waals surface area contributed by atoms with Crippen LogP contribution in [-0.2, 0) is 0 Å². The first-order valence-corrected chi connectivity index (χ1v) is 3.91. The highest BCUT2D eigenvalue weighted by molar-refractivity contribution is 5.35. The molecule has 0 amide bonds. The van der Waals surface area contributed by atoms with Gasteiger partial charge in [0, 0.05) is 12.4 Å². The third kappa shape index (κ3) is 1.99. The van der Waals surface area contributed by atoms with Crippen LogP contribution >= 0.6 is 0 Å². The van der Waals surface area contributed by atoms with Gasteiger partial charge in [0.25, 0.3) is 0 Å². The van der Waals surface area contributed by atoms with E-state index < -0.39 is 0 Å². The SMILES string of the molecule is c1ccc(N=Nc2ncc[nH]2)cc1. The Balaban J connectivity index is 2.15. The maximum absolute atomic E-state index is 3.98. The van der Waals surface area contributed by atoms with Crippen molar-refractivity contribution in [3.8, 4) is 0 Å². The van der Waals surface area contributed by atoms with Gasteiger partial charge in [0.1, 0.15) is 0 Å². The highest BCUT2D eigenvalue weighted by Crippen LogP contribution is 2.13. The number of azo groups is 1. The lowest BCUT2D eigenvalue weighted by Crippen LogP contribution is -1.64. The zero-order valence-electron chi connectivity index (χ0n) is 6.88. The Morgan fingerprint density at radius 2 is 1.92 bits per heavy atom. The summed E-state index contributed by atoms with van der Waals surface area (Å²) in [6.45, 7) is 0. The molecule has 0 radical (unpaired) electrons. The number of nitrogens with zero attached hydrogens (tertiary/aromatic N) is 3. The molecular weight excluding hydrogens is 164 g/mol. The summed E-state index contributed by atoms with van der Waals surface area (Å²) in [5.74, 6) is 0.517. The normalized spacial score (nSPS) is 10.8. The molecule has 4 heteroatoms. The average molecular weight is 172 g/mol. The minimum Gasteiger partial charge on any atom is -0.328 e. The number of nitrogens with one attached hydrogen (secondary N) is 1. The van der Waals surface area contributed by atoms with Crippen LogP contribution in [0.3, 0.4) is 0 Å². The van der Waals surface area contributed by atoms with Gasteiger partial charge < -0.3 is 4.98 Å². The van der Waals surface area contributed by atoms with E-state index in [9.17, 15) is 0 Å². The van der Waals surface area contributed by atoms with E-state index in [1.807, 2.05) is 30.3 Å². The number of aromatic nitrogens is 2. The van der Waals surface area contributed by atoms with E-state index in [0.717, 1.165) is 5.69 Å². The molecule has 0 aliphatic heterocycles. The summed E-state index contributed by atoms with van der Waals surface area (Å²) in [5.41, 5.74) is 0.818. The fourth-order valence-corrected chi connectivity index (χ4v) is 0.911. The second-order valence-electron chi connectivity index (χ2n) is 2.45. The van der Waals surface area contributed by atoms with Crippen LogP contribution in [0.5, 0.6) is 0 Å². The van der Waals surface area contributed by atoms with Gasteiger partial charge in [-0.2, -0.15) is 0 Å². The molecule has 0 spiro atoms. The second kappa shape index (κ2) is 3.62. The first kappa shape index (κ1) is 7.67. The predicted octanol–water partition coefficient (Wildman–Crippen LogP) is 2.83. The second-order valence-corrected chi connectivity index (χ2v) is 2.45. The molecule has 1 heterocycles. The summed E-state index contributed by atoms with van der Waals surface area (Å²) in [6, 6.07) is 9.53. The molecule has 0 aliphatic rings. The monoisotopic (exact) mass is 172 g/mol. The smallest absolute Gasteiger partial charge is 0.246 e. The van der Waals surface area contributed by atoms with Crippen LogP contribution in [0.4, 0.5) is 11.6 Å². The van der Waals surface area contributed by atoms with Gasteiger partial charge in [-0.05, 0) is 12.1 Å². The molecule has 64 valence electrons. The van der Waals surface area contributed by atoms with E-state index in [1.165, 1.54) is 0 Å².